The van der Waals surface area contributed by atoms with Gasteiger partial charge in [-0.25, -0.2) is 4.39 Å². The SMILES string of the molecule is C=CCN(Cc1cc(Br)ccc1F)C(=O)C1CC(=O)N(C(C)C)C1. The number of nitrogens with zero attached hydrogens (tertiary/aromatic N) is 2. The summed E-state index contributed by atoms with van der Waals surface area (Å²) in [4.78, 5) is 28.1. The lowest BCUT2D eigenvalue weighted by atomic mass is 10.1. The van der Waals surface area contributed by atoms with Gasteiger partial charge in [0, 0.05) is 42.1 Å². The van der Waals surface area contributed by atoms with Crippen molar-refractivity contribution in [1.82, 2.24) is 9.80 Å². The van der Waals surface area contributed by atoms with E-state index in [9.17, 15) is 14.0 Å². The second-order valence-corrected chi connectivity index (χ2v) is 7.20. The first-order chi connectivity index (χ1) is 11.3. The number of carbonyl (C=O) groups is 2. The lowest BCUT2D eigenvalue weighted by Crippen LogP contribution is -2.38. The number of likely N-dealkylation sites (tertiary alicyclic amines) is 1. The Bertz CT molecular complexity index is 648. The molecule has 1 aliphatic rings. The summed E-state index contributed by atoms with van der Waals surface area (Å²) >= 11 is 3.32. The van der Waals surface area contributed by atoms with Crippen LogP contribution in [-0.2, 0) is 16.1 Å². The highest BCUT2D eigenvalue weighted by Crippen LogP contribution is 2.24. The maximum absolute atomic E-state index is 14.0. The summed E-state index contributed by atoms with van der Waals surface area (Å²) in [6.45, 7) is 8.43. The molecule has 1 heterocycles. The Balaban J connectivity index is 2.15. The van der Waals surface area contributed by atoms with Gasteiger partial charge in [-0.3, -0.25) is 9.59 Å². The molecule has 0 bridgehead atoms. The number of halogens is 2. The molecule has 1 unspecified atom stereocenters. The second-order valence-electron chi connectivity index (χ2n) is 6.28. The number of amides is 2. The summed E-state index contributed by atoms with van der Waals surface area (Å²) in [6.07, 6.45) is 1.83. The minimum atomic E-state index is -0.380. The molecule has 0 radical (unpaired) electrons. The first kappa shape index (κ1) is 18.6. The highest BCUT2D eigenvalue weighted by Gasteiger charge is 2.37. The molecule has 1 atom stereocenters. The third-order valence-electron chi connectivity index (χ3n) is 4.16. The number of hydrogen-bond acceptors (Lipinski definition) is 2. The molecule has 1 fully saturated rings. The molecule has 1 aromatic rings. The summed E-state index contributed by atoms with van der Waals surface area (Å²) in [5.41, 5.74) is 0.435. The molecule has 130 valence electrons. The van der Waals surface area contributed by atoms with Gasteiger partial charge in [0.15, 0.2) is 0 Å². The largest absolute Gasteiger partial charge is 0.339 e. The van der Waals surface area contributed by atoms with Crippen molar-refractivity contribution in [3.05, 3.63) is 46.7 Å². The first-order valence-corrected chi connectivity index (χ1v) is 8.75. The second kappa shape index (κ2) is 7.92. The van der Waals surface area contributed by atoms with Gasteiger partial charge in [0.05, 0.1) is 5.92 Å². The van der Waals surface area contributed by atoms with E-state index in [1.54, 1.807) is 28.0 Å². The van der Waals surface area contributed by atoms with Crippen LogP contribution in [0.5, 0.6) is 0 Å². The van der Waals surface area contributed by atoms with E-state index in [4.69, 9.17) is 0 Å². The number of carbonyl (C=O) groups excluding carboxylic acids is 2. The number of benzene rings is 1. The molecule has 1 saturated heterocycles. The predicted octanol–water partition coefficient (Wildman–Crippen LogP) is 3.36. The molecule has 0 aromatic heterocycles. The van der Waals surface area contributed by atoms with Crippen molar-refractivity contribution in [2.75, 3.05) is 13.1 Å². The Hall–Kier alpha value is -1.69. The van der Waals surface area contributed by atoms with Crippen LogP contribution in [-0.4, -0.2) is 40.7 Å². The van der Waals surface area contributed by atoms with Gasteiger partial charge >= 0.3 is 0 Å². The van der Waals surface area contributed by atoms with Crippen LogP contribution in [0.15, 0.2) is 35.3 Å². The fourth-order valence-corrected chi connectivity index (χ4v) is 3.32. The Morgan fingerprint density at radius 1 is 1.54 bits per heavy atom. The average Bonchev–Trinajstić information content (AvgIpc) is 2.92. The molecule has 0 N–H and O–H groups in total. The van der Waals surface area contributed by atoms with Crippen LogP contribution in [0.4, 0.5) is 4.39 Å². The monoisotopic (exact) mass is 396 g/mol. The van der Waals surface area contributed by atoms with Crippen molar-refractivity contribution in [1.29, 1.82) is 0 Å². The zero-order valence-corrected chi connectivity index (χ0v) is 15.6. The summed E-state index contributed by atoms with van der Waals surface area (Å²) < 4.78 is 14.8. The van der Waals surface area contributed by atoms with E-state index in [1.165, 1.54) is 6.07 Å². The van der Waals surface area contributed by atoms with Gasteiger partial charge in [-0.05, 0) is 32.0 Å². The van der Waals surface area contributed by atoms with Gasteiger partial charge < -0.3 is 9.80 Å². The summed E-state index contributed by atoms with van der Waals surface area (Å²) in [5.74, 6) is -0.872. The van der Waals surface area contributed by atoms with Crippen molar-refractivity contribution in [2.45, 2.75) is 32.9 Å². The molecule has 24 heavy (non-hydrogen) atoms. The Morgan fingerprint density at radius 2 is 2.25 bits per heavy atom. The number of hydrogen-bond donors (Lipinski definition) is 0. The Morgan fingerprint density at radius 3 is 2.83 bits per heavy atom. The zero-order valence-electron chi connectivity index (χ0n) is 14.0. The topological polar surface area (TPSA) is 40.6 Å². The van der Waals surface area contributed by atoms with Gasteiger partial charge in [-0.1, -0.05) is 22.0 Å². The molecule has 0 aliphatic carbocycles. The highest BCUT2D eigenvalue weighted by atomic mass is 79.9. The molecule has 0 spiro atoms. The van der Waals surface area contributed by atoms with Gasteiger partial charge in [0.2, 0.25) is 11.8 Å². The summed E-state index contributed by atoms with van der Waals surface area (Å²) in [7, 11) is 0. The maximum Gasteiger partial charge on any atom is 0.228 e. The first-order valence-electron chi connectivity index (χ1n) is 7.96. The lowest BCUT2D eigenvalue weighted by Gasteiger charge is -2.25. The summed E-state index contributed by atoms with van der Waals surface area (Å²) in [5, 5.41) is 0. The van der Waals surface area contributed by atoms with Crippen molar-refractivity contribution < 1.29 is 14.0 Å². The van der Waals surface area contributed by atoms with Gasteiger partial charge in [0.1, 0.15) is 5.82 Å². The molecule has 4 nitrogen and oxygen atoms in total. The van der Waals surface area contributed by atoms with Crippen LogP contribution in [0.25, 0.3) is 0 Å². The summed E-state index contributed by atoms with van der Waals surface area (Å²) in [6, 6.07) is 4.73. The fourth-order valence-electron chi connectivity index (χ4n) is 2.91. The smallest absolute Gasteiger partial charge is 0.228 e. The lowest BCUT2D eigenvalue weighted by molar-refractivity contribution is -0.136. The number of rotatable bonds is 6. The van der Waals surface area contributed by atoms with Crippen molar-refractivity contribution in [2.24, 2.45) is 5.92 Å². The van der Waals surface area contributed by atoms with E-state index in [2.05, 4.69) is 22.5 Å². The minimum Gasteiger partial charge on any atom is -0.339 e. The van der Waals surface area contributed by atoms with Crippen molar-refractivity contribution in [3.63, 3.8) is 0 Å². The van der Waals surface area contributed by atoms with Crippen LogP contribution in [0.2, 0.25) is 0 Å². The molecular weight excluding hydrogens is 375 g/mol. The van der Waals surface area contributed by atoms with E-state index < -0.39 is 0 Å². The van der Waals surface area contributed by atoms with Gasteiger partial charge in [-0.2, -0.15) is 0 Å². The normalized spacial score (nSPS) is 17.5. The fraction of sp³-hybridized carbons (Fsp3) is 0.444. The van der Waals surface area contributed by atoms with E-state index >= 15 is 0 Å². The third-order valence-corrected chi connectivity index (χ3v) is 4.65. The van der Waals surface area contributed by atoms with Crippen LogP contribution >= 0.6 is 15.9 Å². The average molecular weight is 397 g/mol. The molecule has 2 rings (SSSR count). The van der Waals surface area contributed by atoms with Gasteiger partial charge in [0.25, 0.3) is 0 Å². The van der Waals surface area contributed by atoms with Gasteiger partial charge in [-0.15, -0.1) is 6.58 Å². The van der Waals surface area contributed by atoms with E-state index in [-0.39, 0.29) is 42.6 Å². The predicted molar refractivity (Wildman–Crippen MR) is 94.7 cm³/mol. The molecule has 1 aliphatic heterocycles. The van der Waals surface area contributed by atoms with Crippen LogP contribution in [0.3, 0.4) is 0 Å². The standard InChI is InChI=1S/C18H22BrFN2O2/c1-4-7-21(10-13-8-15(19)5-6-16(13)20)18(24)14-9-17(23)22(11-14)12(2)3/h4-6,8,12,14H,1,7,9-11H2,2-3H3. The third kappa shape index (κ3) is 4.23. The molecule has 0 saturated carbocycles. The Labute approximate surface area is 150 Å². The van der Waals surface area contributed by atoms with E-state index in [1.807, 2.05) is 13.8 Å². The highest BCUT2D eigenvalue weighted by molar-refractivity contribution is 9.10. The van der Waals surface area contributed by atoms with Crippen LogP contribution in [0.1, 0.15) is 25.8 Å². The molecular formula is C18H22BrFN2O2. The maximum atomic E-state index is 14.0. The zero-order chi connectivity index (χ0) is 17.9. The van der Waals surface area contributed by atoms with Crippen molar-refractivity contribution >= 4 is 27.7 Å². The van der Waals surface area contributed by atoms with Crippen LogP contribution < -0.4 is 0 Å². The molecule has 2 amide bonds. The molecule has 1 aromatic carbocycles. The van der Waals surface area contributed by atoms with E-state index in [0.717, 1.165) is 4.47 Å². The van der Waals surface area contributed by atoms with E-state index in [0.29, 0.717) is 18.7 Å². The minimum absolute atomic E-state index is 0.00413. The van der Waals surface area contributed by atoms with Crippen molar-refractivity contribution in [3.8, 4) is 0 Å². The Kier molecular flexibility index (Phi) is 6.15. The quantitative estimate of drug-likeness (QED) is 0.691. The van der Waals surface area contributed by atoms with Crippen LogP contribution in [0, 0.1) is 11.7 Å². The molecule has 6 heteroatoms.